The molecule has 0 spiro atoms. The summed E-state index contributed by atoms with van der Waals surface area (Å²) in [6, 6.07) is 3.40. The van der Waals surface area contributed by atoms with Crippen molar-refractivity contribution >= 4 is 11.6 Å². The fourth-order valence-corrected chi connectivity index (χ4v) is 0.770. The highest BCUT2D eigenvalue weighted by molar-refractivity contribution is 6.29. The highest BCUT2D eigenvalue weighted by Crippen LogP contribution is 2.03. The standard InChI is InChI=1S/C8H5ClN4/c9-8-4-3-7(6-11-8)2-1-5-12-13-10/h3-4,6H,5H2. The second kappa shape index (κ2) is 5.04. The zero-order chi connectivity index (χ0) is 9.52. The second-order valence-electron chi connectivity index (χ2n) is 2.06. The van der Waals surface area contributed by atoms with Crippen LogP contribution in [0.4, 0.5) is 0 Å². The van der Waals surface area contributed by atoms with E-state index in [9.17, 15) is 0 Å². The van der Waals surface area contributed by atoms with E-state index in [1.165, 1.54) is 0 Å². The van der Waals surface area contributed by atoms with Crippen LogP contribution in [0.5, 0.6) is 0 Å². The van der Waals surface area contributed by atoms with Crippen LogP contribution in [-0.2, 0) is 0 Å². The monoisotopic (exact) mass is 192 g/mol. The third-order valence-electron chi connectivity index (χ3n) is 1.17. The number of hydrogen-bond donors (Lipinski definition) is 0. The molecule has 64 valence electrons. The maximum Gasteiger partial charge on any atom is 0.129 e. The van der Waals surface area contributed by atoms with Crippen LogP contribution in [0.25, 0.3) is 10.4 Å². The average Bonchev–Trinajstić information content (AvgIpc) is 2.15. The lowest BCUT2D eigenvalue weighted by atomic mass is 10.3. The quantitative estimate of drug-likeness (QED) is 0.222. The van der Waals surface area contributed by atoms with Gasteiger partial charge in [0.25, 0.3) is 0 Å². The van der Waals surface area contributed by atoms with Gasteiger partial charge in [-0.25, -0.2) is 4.98 Å². The van der Waals surface area contributed by atoms with Crippen molar-refractivity contribution in [3.8, 4) is 11.8 Å². The van der Waals surface area contributed by atoms with Gasteiger partial charge in [-0.1, -0.05) is 28.6 Å². The van der Waals surface area contributed by atoms with E-state index in [0.717, 1.165) is 5.56 Å². The largest absolute Gasteiger partial charge is 0.243 e. The number of azide groups is 1. The highest BCUT2D eigenvalue weighted by Gasteiger charge is 1.87. The summed E-state index contributed by atoms with van der Waals surface area (Å²) >= 11 is 5.57. The molecule has 0 amide bonds. The van der Waals surface area contributed by atoms with Crippen LogP contribution in [0.3, 0.4) is 0 Å². The number of aromatic nitrogens is 1. The van der Waals surface area contributed by atoms with Crippen molar-refractivity contribution in [2.24, 2.45) is 5.11 Å². The van der Waals surface area contributed by atoms with Gasteiger partial charge in [0.2, 0.25) is 0 Å². The Morgan fingerprint density at radius 2 is 2.46 bits per heavy atom. The first-order valence-electron chi connectivity index (χ1n) is 3.44. The smallest absolute Gasteiger partial charge is 0.129 e. The van der Waals surface area contributed by atoms with Crippen LogP contribution in [-0.4, -0.2) is 11.5 Å². The van der Waals surface area contributed by atoms with E-state index >= 15 is 0 Å². The van der Waals surface area contributed by atoms with Crippen molar-refractivity contribution in [1.82, 2.24) is 4.98 Å². The van der Waals surface area contributed by atoms with Crippen LogP contribution in [0.15, 0.2) is 23.4 Å². The van der Waals surface area contributed by atoms with Crippen LogP contribution >= 0.6 is 11.6 Å². The van der Waals surface area contributed by atoms with Gasteiger partial charge < -0.3 is 0 Å². The SMILES string of the molecule is [N-]=[N+]=NCC#Cc1ccc(Cl)nc1. The minimum Gasteiger partial charge on any atom is -0.243 e. The summed E-state index contributed by atoms with van der Waals surface area (Å²) in [6.45, 7) is 0.166. The fraction of sp³-hybridized carbons (Fsp3) is 0.125. The van der Waals surface area contributed by atoms with Crippen molar-refractivity contribution in [3.63, 3.8) is 0 Å². The second-order valence-corrected chi connectivity index (χ2v) is 2.45. The molecule has 0 aliphatic rings. The summed E-state index contributed by atoms with van der Waals surface area (Å²) in [4.78, 5) is 6.40. The summed E-state index contributed by atoms with van der Waals surface area (Å²) in [5.41, 5.74) is 8.71. The van der Waals surface area contributed by atoms with E-state index in [1.54, 1.807) is 18.3 Å². The van der Waals surface area contributed by atoms with Crippen LogP contribution in [0, 0.1) is 11.8 Å². The van der Waals surface area contributed by atoms with Crippen LogP contribution in [0.2, 0.25) is 5.15 Å². The first-order valence-corrected chi connectivity index (χ1v) is 3.82. The van der Waals surface area contributed by atoms with Gasteiger partial charge in [0, 0.05) is 16.7 Å². The average molecular weight is 193 g/mol. The van der Waals surface area contributed by atoms with Crippen molar-refractivity contribution in [3.05, 3.63) is 39.5 Å². The molecule has 0 saturated carbocycles. The molecule has 4 nitrogen and oxygen atoms in total. The van der Waals surface area contributed by atoms with Crippen molar-refractivity contribution in [2.75, 3.05) is 6.54 Å². The van der Waals surface area contributed by atoms with Crippen LogP contribution < -0.4 is 0 Å². The summed E-state index contributed by atoms with van der Waals surface area (Å²) in [7, 11) is 0. The van der Waals surface area contributed by atoms with Crippen LogP contribution in [0.1, 0.15) is 5.56 Å². The molecule has 13 heavy (non-hydrogen) atoms. The summed E-state index contributed by atoms with van der Waals surface area (Å²) < 4.78 is 0. The molecule has 0 aromatic carbocycles. The van der Waals surface area contributed by atoms with Gasteiger partial charge in [0.1, 0.15) is 5.15 Å². The first kappa shape index (κ1) is 9.40. The van der Waals surface area contributed by atoms with Gasteiger partial charge in [-0.2, -0.15) is 0 Å². The minimum absolute atomic E-state index is 0.166. The van der Waals surface area contributed by atoms with E-state index in [-0.39, 0.29) is 6.54 Å². The van der Waals surface area contributed by atoms with E-state index in [1.807, 2.05) is 0 Å². The van der Waals surface area contributed by atoms with Crippen molar-refractivity contribution in [2.45, 2.75) is 0 Å². The third-order valence-corrected chi connectivity index (χ3v) is 1.40. The molecule has 0 aliphatic carbocycles. The minimum atomic E-state index is 0.166. The number of pyridine rings is 1. The molecule has 0 radical (unpaired) electrons. The van der Waals surface area contributed by atoms with E-state index in [2.05, 4.69) is 26.9 Å². The topological polar surface area (TPSA) is 61.7 Å². The van der Waals surface area contributed by atoms with E-state index in [4.69, 9.17) is 17.1 Å². The first-order chi connectivity index (χ1) is 6.33. The Bertz CT molecular complexity index is 381. The molecule has 5 heteroatoms. The van der Waals surface area contributed by atoms with Crippen molar-refractivity contribution in [1.29, 1.82) is 0 Å². The highest BCUT2D eigenvalue weighted by atomic mass is 35.5. The van der Waals surface area contributed by atoms with E-state index < -0.39 is 0 Å². The number of rotatable bonds is 1. The molecule has 1 heterocycles. The van der Waals surface area contributed by atoms with E-state index in [0.29, 0.717) is 5.15 Å². The van der Waals surface area contributed by atoms with Gasteiger partial charge >= 0.3 is 0 Å². The third kappa shape index (κ3) is 3.48. The maximum absolute atomic E-state index is 7.96. The predicted molar refractivity (Wildman–Crippen MR) is 50.1 cm³/mol. The zero-order valence-electron chi connectivity index (χ0n) is 6.61. The molecule has 0 unspecified atom stereocenters. The van der Waals surface area contributed by atoms with Gasteiger partial charge in [-0.05, 0) is 17.7 Å². The van der Waals surface area contributed by atoms with Gasteiger partial charge in [0.05, 0.1) is 6.54 Å². The summed E-state index contributed by atoms with van der Waals surface area (Å²) in [6.07, 6.45) is 1.56. The molecule has 1 rings (SSSR count). The number of nitrogens with zero attached hydrogens (tertiary/aromatic N) is 4. The fourth-order valence-electron chi connectivity index (χ4n) is 0.658. The Morgan fingerprint density at radius 3 is 3.08 bits per heavy atom. The molecule has 1 aromatic rings. The van der Waals surface area contributed by atoms with Gasteiger partial charge in [-0.15, -0.1) is 0 Å². The summed E-state index contributed by atoms with van der Waals surface area (Å²) in [5, 5.41) is 3.70. The van der Waals surface area contributed by atoms with Crippen molar-refractivity contribution < 1.29 is 0 Å². The molecule has 0 aliphatic heterocycles. The maximum atomic E-state index is 7.96. The Kier molecular flexibility index (Phi) is 3.65. The normalized spacial score (nSPS) is 8.08. The molecule has 0 N–H and O–H groups in total. The predicted octanol–water partition coefficient (Wildman–Crippen LogP) is 2.40. The molecule has 0 saturated heterocycles. The zero-order valence-corrected chi connectivity index (χ0v) is 7.36. The van der Waals surface area contributed by atoms with Gasteiger partial charge in [0.15, 0.2) is 0 Å². The number of halogens is 1. The Labute approximate surface area is 80.2 Å². The lowest BCUT2D eigenvalue weighted by molar-refractivity contribution is 1.25. The molecule has 1 aromatic heterocycles. The molecule has 0 atom stereocenters. The Balaban J connectivity index is 2.66. The summed E-state index contributed by atoms with van der Waals surface area (Å²) in [5.74, 6) is 5.44. The lowest BCUT2D eigenvalue weighted by Gasteiger charge is -1.88. The molecular formula is C8H5ClN4. The molecule has 0 fully saturated rings. The number of hydrogen-bond acceptors (Lipinski definition) is 2. The molecular weight excluding hydrogens is 188 g/mol. The Hall–Kier alpha value is -1.69. The Morgan fingerprint density at radius 1 is 1.62 bits per heavy atom. The molecule has 0 bridgehead atoms. The lowest BCUT2D eigenvalue weighted by Crippen LogP contribution is -1.78. The van der Waals surface area contributed by atoms with Gasteiger partial charge in [-0.3, -0.25) is 0 Å².